The smallest absolute Gasteiger partial charge is 0.322 e. The number of carbonyl (C=O) groups is 1. The van der Waals surface area contributed by atoms with Crippen molar-refractivity contribution in [2.45, 2.75) is 45.3 Å². The molecule has 0 spiro atoms. The molecule has 0 heterocycles. The second-order valence-corrected chi connectivity index (χ2v) is 5.06. The SMILES string of the molecule is CC(C)N(C(=O)NC1CC1)c1ccc(CN)cc1. The Morgan fingerprint density at radius 2 is 2.00 bits per heavy atom. The summed E-state index contributed by atoms with van der Waals surface area (Å²) in [5.74, 6) is 0. The quantitative estimate of drug-likeness (QED) is 0.857. The van der Waals surface area contributed by atoms with Gasteiger partial charge in [0.15, 0.2) is 0 Å². The number of amides is 2. The standard InChI is InChI=1S/C14H21N3O/c1-10(2)17(14(18)16-12-5-6-12)13-7-3-11(9-15)4-8-13/h3-4,7-8,10,12H,5-6,9,15H2,1-2H3,(H,16,18). The van der Waals surface area contributed by atoms with E-state index in [9.17, 15) is 4.79 Å². The number of rotatable bonds is 4. The Morgan fingerprint density at radius 3 is 2.44 bits per heavy atom. The van der Waals surface area contributed by atoms with Crippen molar-refractivity contribution in [3.63, 3.8) is 0 Å². The van der Waals surface area contributed by atoms with Gasteiger partial charge in [0.05, 0.1) is 0 Å². The molecule has 0 radical (unpaired) electrons. The first kappa shape index (κ1) is 12.9. The number of urea groups is 1. The van der Waals surface area contributed by atoms with Gasteiger partial charge in [-0.25, -0.2) is 4.79 Å². The van der Waals surface area contributed by atoms with E-state index >= 15 is 0 Å². The first-order chi connectivity index (χ1) is 8.61. The molecule has 0 unspecified atom stereocenters. The van der Waals surface area contributed by atoms with E-state index in [2.05, 4.69) is 5.32 Å². The second-order valence-electron chi connectivity index (χ2n) is 5.06. The predicted octanol–water partition coefficient (Wildman–Crippen LogP) is 2.23. The summed E-state index contributed by atoms with van der Waals surface area (Å²) in [5.41, 5.74) is 7.57. The molecule has 1 saturated carbocycles. The third kappa shape index (κ3) is 3.01. The average Bonchev–Trinajstić information content (AvgIpc) is 3.13. The zero-order valence-corrected chi connectivity index (χ0v) is 11.0. The maximum atomic E-state index is 12.2. The van der Waals surface area contributed by atoms with E-state index in [1.54, 1.807) is 4.90 Å². The Labute approximate surface area is 108 Å². The molecule has 1 aliphatic carbocycles. The minimum Gasteiger partial charge on any atom is -0.335 e. The highest BCUT2D eigenvalue weighted by atomic mass is 16.2. The second kappa shape index (κ2) is 5.40. The summed E-state index contributed by atoms with van der Waals surface area (Å²) in [6, 6.07) is 8.34. The van der Waals surface area contributed by atoms with Crippen LogP contribution in [0.3, 0.4) is 0 Å². The topological polar surface area (TPSA) is 58.4 Å². The summed E-state index contributed by atoms with van der Waals surface area (Å²) >= 11 is 0. The van der Waals surface area contributed by atoms with E-state index in [-0.39, 0.29) is 12.1 Å². The van der Waals surface area contributed by atoms with Crippen molar-refractivity contribution in [3.8, 4) is 0 Å². The Kier molecular flexibility index (Phi) is 3.87. The number of benzene rings is 1. The normalized spacial score (nSPS) is 14.7. The minimum atomic E-state index is -0.00648. The van der Waals surface area contributed by atoms with Crippen LogP contribution in [0.25, 0.3) is 0 Å². The fraction of sp³-hybridized carbons (Fsp3) is 0.500. The van der Waals surface area contributed by atoms with E-state index in [1.165, 1.54) is 0 Å². The zero-order valence-electron chi connectivity index (χ0n) is 11.0. The number of hydrogen-bond donors (Lipinski definition) is 2. The van der Waals surface area contributed by atoms with Crippen molar-refractivity contribution in [1.82, 2.24) is 5.32 Å². The van der Waals surface area contributed by atoms with Crippen molar-refractivity contribution < 1.29 is 4.79 Å². The number of anilines is 1. The molecule has 0 atom stereocenters. The van der Waals surface area contributed by atoms with E-state index in [1.807, 2.05) is 38.1 Å². The number of carbonyl (C=O) groups excluding carboxylic acids is 1. The first-order valence-corrected chi connectivity index (χ1v) is 6.50. The number of nitrogens with one attached hydrogen (secondary N) is 1. The lowest BCUT2D eigenvalue weighted by Crippen LogP contribution is -2.45. The molecule has 0 aliphatic heterocycles. The molecule has 18 heavy (non-hydrogen) atoms. The van der Waals surface area contributed by atoms with Gasteiger partial charge in [-0.1, -0.05) is 12.1 Å². The van der Waals surface area contributed by atoms with Crippen LogP contribution in [0.4, 0.5) is 10.5 Å². The summed E-state index contributed by atoms with van der Waals surface area (Å²) in [7, 11) is 0. The summed E-state index contributed by atoms with van der Waals surface area (Å²) in [5, 5.41) is 3.02. The van der Waals surface area contributed by atoms with Crippen molar-refractivity contribution in [3.05, 3.63) is 29.8 Å². The molecule has 98 valence electrons. The van der Waals surface area contributed by atoms with Gasteiger partial charge in [0.2, 0.25) is 0 Å². The highest BCUT2D eigenvalue weighted by Gasteiger charge is 2.27. The summed E-state index contributed by atoms with van der Waals surface area (Å²) in [4.78, 5) is 14.0. The Morgan fingerprint density at radius 1 is 1.39 bits per heavy atom. The lowest BCUT2D eigenvalue weighted by Gasteiger charge is -2.27. The molecule has 0 bridgehead atoms. The molecule has 4 nitrogen and oxygen atoms in total. The van der Waals surface area contributed by atoms with Crippen LogP contribution in [0.5, 0.6) is 0 Å². The minimum absolute atomic E-state index is 0.00648. The third-order valence-electron chi connectivity index (χ3n) is 3.09. The van der Waals surface area contributed by atoms with Crippen LogP contribution in [-0.4, -0.2) is 18.1 Å². The molecular formula is C14H21N3O. The van der Waals surface area contributed by atoms with Gasteiger partial charge >= 0.3 is 6.03 Å². The molecule has 4 heteroatoms. The van der Waals surface area contributed by atoms with Crippen LogP contribution in [0.2, 0.25) is 0 Å². The number of nitrogens with two attached hydrogens (primary N) is 1. The highest BCUT2D eigenvalue weighted by Crippen LogP contribution is 2.22. The molecule has 2 amide bonds. The predicted molar refractivity (Wildman–Crippen MR) is 73.5 cm³/mol. The fourth-order valence-corrected chi connectivity index (χ4v) is 1.91. The van der Waals surface area contributed by atoms with Crippen molar-refractivity contribution in [2.24, 2.45) is 5.73 Å². The lowest BCUT2D eigenvalue weighted by molar-refractivity contribution is 0.244. The highest BCUT2D eigenvalue weighted by molar-refractivity contribution is 5.92. The average molecular weight is 247 g/mol. The van der Waals surface area contributed by atoms with Crippen LogP contribution < -0.4 is 16.0 Å². The molecule has 3 N–H and O–H groups in total. The van der Waals surface area contributed by atoms with Crippen LogP contribution >= 0.6 is 0 Å². The lowest BCUT2D eigenvalue weighted by atomic mass is 10.2. The fourth-order valence-electron chi connectivity index (χ4n) is 1.91. The summed E-state index contributed by atoms with van der Waals surface area (Å²) in [6.45, 7) is 4.56. The molecule has 1 aromatic carbocycles. The van der Waals surface area contributed by atoms with E-state index in [4.69, 9.17) is 5.73 Å². The van der Waals surface area contributed by atoms with Crippen molar-refractivity contribution in [1.29, 1.82) is 0 Å². The third-order valence-corrected chi connectivity index (χ3v) is 3.09. The molecule has 1 aliphatic rings. The van der Waals surface area contributed by atoms with Crippen LogP contribution in [-0.2, 0) is 6.54 Å². The maximum Gasteiger partial charge on any atom is 0.322 e. The van der Waals surface area contributed by atoms with Gasteiger partial charge in [0.1, 0.15) is 0 Å². The van der Waals surface area contributed by atoms with Gasteiger partial charge in [0, 0.05) is 24.3 Å². The van der Waals surface area contributed by atoms with E-state index < -0.39 is 0 Å². The number of nitrogens with zero attached hydrogens (tertiary/aromatic N) is 1. The van der Waals surface area contributed by atoms with Gasteiger partial charge < -0.3 is 11.1 Å². The summed E-state index contributed by atoms with van der Waals surface area (Å²) < 4.78 is 0. The van der Waals surface area contributed by atoms with Gasteiger partial charge in [-0.15, -0.1) is 0 Å². The maximum absolute atomic E-state index is 12.2. The molecular weight excluding hydrogens is 226 g/mol. The van der Waals surface area contributed by atoms with Crippen LogP contribution in [0.1, 0.15) is 32.3 Å². The number of hydrogen-bond acceptors (Lipinski definition) is 2. The molecule has 0 saturated heterocycles. The Balaban J connectivity index is 2.14. The zero-order chi connectivity index (χ0) is 13.1. The van der Waals surface area contributed by atoms with Crippen molar-refractivity contribution in [2.75, 3.05) is 4.90 Å². The van der Waals surface area contributed by atoms with E-state index in [0.29, 0.717) is 12.6 Å². The van der Waals surface area contributed by atoms with Gasteiger partial charge in [-0.3, -0.25) is 4.90 Å². The Bertz CT molecular complexity index is 410. The molecule has 2 rings (SSSR count). The van der Waals surface area contributed by atoms with Crippen LogP contribution in [0.15, 0.2) is 24.3 Å². The Hall–Kier alpha value is -1.55. The van der Waals surface area contributed by atoms with Gasteiger partial charge in [0.25, 0.3) is 0 Å². The summed E-state index contributed by atoms with van der Waals surface area (Å²) in [6.07, 6.45) is 2.20. The molecule has 1 fully saturated rings. The van der Waals surface area contributed by atoms with Crippen LogP contribution in [0, 0.1) is 0 Å². The van der Waals surface area contributed by atoms with E-state index in [0.717, 1.165) is 24.1 Å². The van der Waals surface area contributed by atoms with Gasteiger partial charge in [-0.2, -0.15) is 0 Å². The monoisotopic (exact) mass is 247 g/mol. The molecule has 1 aromatic rings. The van der Waals surface area contributed by atoms with Gasteiger partial charge in [-0.05, 0) is 44.4 Å². The largest absolute Gasteiger partial charge is 0.335 e. The molecule has 0 aromatic heterocycles. The van der Waals surface area contributed by atoms with Crippen molar-refractivity contribution >= 4 is 11.7 Å². The first-order valence-electron chi connectivity index (χ1n) is 6.50.